The molecule has 0 rings (SSSR count). The van der Waals surface area contributed by atoms with Gasteiger partial charge >= 0.3 is 5.97 Å². The first kappa shape index (κ1) is 18.4. The van der Waals surface area contributed by atoms with Gasteiger partial charge in [-0.05, 0) is 52.6 Å². The van der Waals surface area contributed by atoms with Gasteiger partial charge in [-0.25, -0.2) is 0 Å². The van der Waals surface area contributed by atoms with Crippen molar-refractivity contribution in [2.24, 2.45) is 0 Å². The third-order valence-corrected chi connectivity index (χ3v) is 3.64. The second-order valence-electron chi connectivity index (χ2n) is 5.26. The van der Waals surface area contributed by atoms with Gasteiger partial charge in [0.1, 0.15) is 0 Å². The lowest BCUT2D eigenvalue weighted by molar-refractivity contribution is -0.143. The molecular formula is C16H33NO2. The highest BCUT2D eigenvalue weighted by atomic mass is 16.5. The van der Waals surface area contributed by atoms with Crippen molar-refractivity contribution < 1.29 is 9.53 Å². The maximum Gasteiger partial charge on any atom is 0.305 e. The largest absolute Gasteiger partial charge is 0.466 e. The van der Waals surface area contributed by atoms with E-state index in [-0.39, 0.29) is 5.97 Å². The summed E-state index contributed by atoms with van der Waals surface area (Å²) in [6.45, 7) is 11.5. The highest BCUT2D eigenvalue weighted by molar-refractivity contribution is 5.69. The fourth-order valence-corrected chi connectivity index (χ4v) is 2.17. The Morgan fingerprint density at radius 3 is 2.32 bits per heavy atom. The van der Waals surface area contributed by atoms with Crippen LogP contribution in [0.1, 0.15) is 72.6 Å². The van der Waals surface area contributed by atoms with Crippen molar-refractivity contribution in [1.29, 1.82) is 0 Å². The predicted molar refractivity (Wildman–Crippen MR) is 81.3 cm³/mol. The molecule has 0 spiro atoms. The molecule has 0 aliphatic heterocycles. The van der Waals surface area contributed by atoms with E-state index in [1.807, 2.05) is 6.92 Å². The summed E-state index contributed by atoms with van der Waals surface area (Å²) >= 11 is 0. The Bertz CT molecular complexity index is 219. The minimum atomic E-state index is -0.0488. The van der Waals surface area contributed by atoms with Gasteiger partial charge < -0.3 is 9.64 Å². The van der Waals surface area contributed by atoms with Crippen LogP contribution in [0.15, 0.2) is 0 Å². The molecule has 0 heterocycles. The van der Waals surface area contributed by atoms with E-state index in [1.165, 1.54) is 32.2 Å². The summed E-state index contributed by atoms with van der Waals surface area (Å²) in [6.07, 6.45) is 7.61. The monoisotopic (exact) mass is 271 g/mol. The summed E-state index contributed by atoms with van der Waals surface area (Å²) in [5.74, 6) is -0.0488. The molecule has 0 aromatic rings. The van der Waals surface area contributed by atoms with Crippen LogP contribution in [0.25, 0.3) is 0 Å². The van der Waals surface area contributed by atoms with E-state index in [1.54, 1.807) is 0 Å². The number of nitrogens with zero attached hydrogens (tertiary/aromatic N) is 1. The van der Waals surface area contributed by atoms with Crippen molar-refractivity contribution in [2.75, 3.05) is 19.7 Å². The lowest BCUT2D eigenvalue weighted by Crippen LogP contribution is -2.34. The van der Waals surface area contributed by atoms with Crippen molar-refractivity contribution in [3.05, 3.63) is 0 Å². The van der Waals surface area contributed by atoms with Crippen molar-refractivity contribution in [3.63, 3.8) is 0 Å². The Kier molecular flexibility index (Phi) is 12.1. The minimum Gasteiger partial charge on any atom is -0.466 e. The van der Waals surface area contributed by atoms with Crippen LogP contribution in [0, 0.1) is 0 Å². The van der Waals surface area contributed by atoms with Gasteiger partial charge in [-0.3, -0.25) is 4.79 Å². The second-order valence-corrected chi connectivity index (χ2v) is 5.26. The summed E-state index contributed by atoms with van der Waals surface area (Å²) in [6, 6.07) is 0.677. The van der Waals surface area contributed by atoms with Gasteiger partial charge in [-0.15, -0.1) is 0 Å². The molecule has 19 heavy (non-hydrogen) atoms. The molecule has 0 fully saturated rings. The van der Waals surface area contributed by atoms with Crippen LogP contribution < -0.4 is 0 Å². The molecule has 0 aromatic carbocycles. The van der Waals surface area contributed by atoms with Crippen LogP contribution in [0.2, 0.25) is 0 Å². The summed E-state index contributed by atoms with van der Waals surface area (Å²) in [5.41, 5.74) is 0. The van der Waals surface area contributed by atoms with Crippen LogP contribution in [-0.2, 0) is 9.53 Å². The first-order valence-electron chi connectivity index (χ1n) is 8.05. The normalized spacial score (nSPS) is 12.7. The number of unbranched alkanes of at least 4 members (excludes halogenated alkanes) is 3. The molecule has 0 N–H and O–H groups in total. The summed E-state index contributed by atoms with van der Waals surface area (Å²) in [4.78, 5) is 13.8. The fraction of sp³-hybridized carbons (Fsp3) is 0.938. The first-order chi connectivity index (χ1) is 9.15. The zero-order chi connectivity index (χ0) is 14.5. The summed E-state index contributed by atoms with van der Waals surface area (Å²) in [5, 5.41) is 0. The van der Waals surface area contributed by atoms with Crippen LogP contribution in [0.3, 0.4) is 0 Å². The van der Waals surface area contributed by atoms with Gasteiger partial charge in [0.25, 0.3) is 0 Å². The molecule has 0 aromatic heterocycles. The molecule has 0 saturated carbocycles. The van der Waals surface area contributed by atoms with E-state index in [0.717, 1.165) is 19.4 Å². The lowest BCUT2D eigenvalue weighted by Gasteiger charge is -2.28. The highest BCUT2D eigenvalue weighted by Crippen LogP contribution is 2.09. The van der Waals surface area contributed by atoms with Gasteiger partial charge in [0.05, 0.1) is 6.61 Å². The number of carbonyl (C=O) groups is 1. The van der Waals surface area contributed by atoms with E-state index in [2.05, 4.69) is 25.7 Å². The van der Waals surface area contributed by atoms with E-state index >= 15 is 0 Å². The van der Waals surface area contributed by atoms with Crippen molar-refractivity contribution in [2.45, 2.75) is 78.7 Å². The first-order valence-corrected chi connectivity index (χ1v) is 8.05. The molecule has 3 heteroatoms. The van der Waals surface area contributed by atoms with Gasteiger partial charge in [-0.1, -0.05) is 26.7 Å². The molecule has 0 amide bonds. The zero-order valence-electron chi connectivity index (χ0n) is 13.4. The van der Waals surface area contributed by atoms with E-state index < -0.39 is 0 Å². The number of hydrogen-bond donors (Lipinski definition) is 0. The Morgan fingerprint density at radius 1 is 1.05 bits per heavy atom. The number of esters is 1. The highest BCUT2D eigenvalue weighted by Gasteiger charge is 2.10. The van der Waals surface area contributed by atoms with E-state index in [4.69, 9.17) is 4.74 Å². The predicted octanol–water partition coefficient (Wildman–Crippen LogP) is 4.01. The molecule has 0 saturated heterocycles. The second kappa shape index (κ2) is 12.5. The van der Waals surface area contributed by atoms with E-state index in [9.17, 15) is 4.79 Å². The molecule has 0 aliphatic rings. The van der Waals surface area contributed by atoms with Crippen LogP contribution in [0.5, 0.6) is 0 Å². The Morgan fingerprint density at radius 2 is 1.74 bits per heavy atom. The van der Waals surface area contributed by atoms with E-state index in [0.29, 0.717) is 19.1 Å². The van der Waals surface area contributed by atoms with Crippen LogP contribution in [-0.4, -0.2) is 36.6 Å². The number of hydrogen-bond acceptors (Lipinski definition) is 3. The molecule has 0 aliphatic carbocycles. The Balaban J connectivity index is 3.71. The van der Waals surface area contributed by atoms with Crippen LogP contribution >= 0.6 is 0 Å². The number of rotatable bonds is 12. The average Bonchev–Trinajstić information content (AvgIpc) is 2.41. The van der Waals surface area contributed by atoms with Gasteiger partial charge in [0, 0.05) is 12.5 Å². The van der Waals surface area contributed by atoms with Crippen molar-refractivity contribution in [1.82, 2.24) is 4.90 Å². The maximum atomic E-state index is 11.2. The number of ether oxygens (including phenoxy) is 1. The van der Waals surface area contributed by atoms with Crippen molar-refractivity contribution in [3.8, 4) is 0 Å². The van der Waals surface area contributed by atoms with Crippen LogP contribution in [0.4, 0.5) is 0 Å². The molecular weight excluding hydrogens is 238 g/mol. The topological polar surface area (TPSA) is 29.5 Å². The van der Waals surface area contributed by atoms with Crippen molar-refractivity contribution >= 4 is 5.97 Å². The number of carbonyl (C=O) groups excluding carboxylic acids is 1. The molecule has 114 valence electrons. The third kappa shape index (κ3) is 9.94. The smallest absolute Gasteiger partial charge is 0.305 e. The molecule has 1 unspecified atom stereocenters. The standard InChI is InChI=1S/C16H33NO2/c1-5-8-13-17(15(4)6-2)14-11-9-10-12-16(18)19-7-3/h15H,5-14H2,1-4H3. The van der Waals surface area contributed by atoms with Gasteiger partial charge in [0.15, 0.2) is 0 Å². The summed E-state index contributed by atoms with van der Waals surface area (Å²) < 4.78 is 4.93. The molecule has 0 bridgehead atoms. The summed E-state index contributed by atoms with van der Waals surface area (Å²) in [7, 11) is 0. The Hall–Kier alpha value is -0.570. The third-order valence-electron chi connectivity index (χ3n) is 3.64. The van der Waals surface area contributed by atoms with Gasteiger partial charge in [0.2, 0.25) is 0 Å². The maximum absolute atomic E-state index is 11.2. The molecule has 1 atom stereocenters. The fourth-order valence-electron chi connectivity index (χ4n) is 2.17. The SMILES string of the molecule is CCCCN(CCCCCC(=O)OCC)C(C)CC. The molecule has 0 radical (unpaired) electrons. The zero-order valence-corrected chi connectivity index (χ0v) is 13.4. The lowest BCUT2D eigenvalue weighted by atomic mass is 10.1. The van der Waals surface area contributed by atoms with Gasteiger partial charge in [-0.2, -0.15) is 0 Å². The minimum absolute atomic E-state index is 0.0488. The average molecular weight is 271 g/mol. The quantitative estimate of drug-likeness (QED) is 0.397. The molecule has 3 nitrogen and oxygen atoms in total. The Labute approximate surface area is 119 Å².